The van der Waals surface area contributed by atoms with Gasteiger partial charge in [-0.2, -0.15) is 0 Å². The van der Waals surface area contributed by atoms with E-state index in [1.54, 1.807) is 18.0 Å². The highest BCUT2D eigenvalue weighted by Crippen LogP contribution is 2.23. The minimum Gasteiger partial charge on any atom is -0.389 e. The number of aromatic nitrogens is 1. The van der Waals surface area contributed by atoms with Crippen LogP contribution in [0.3, 0.4) is 0 Å². The fourth-order valence-electron chi connectivity index (χ4n) is 1.78. The summed E-state index contributed by atoms with van der Waals surface area (Å²) in [6, 6.07) is 1.72. The van der Waals surface area contributed by atoms with Crippen molar-refractivity contribution in [3.05, 3.63) is 11.8 Å². The van der Waals surface area contributed by atoms with Gasteiger partial charge in [0.15, 0.2) is 0 Å². The van der Waals surface area contributed by atoms with Gasteiger partial charge < -0.3 is 14.4 Å². The van der Waals surface area contributed by atoms with Crippen LogP contribution < -0.4 is 5.32 Å². The van der Waals surface area contributed by atoms with Crippen molar-refractivity contribution in [2.45, 2.75) is 32.3 Å². The van der Waals surface area contributed by atoms with E-state index >= 15 is 0 Å². The van der Waals surface area contributed by atoms with Gasteiger partial charge in [-0.15, -0.1) is 0 Å². The molecule has 1 amide bonds. The zero-order valence-corrected chi connectivity index (χ0v) is 13.3. The van der Waals surface area contributed by atoms with Gasteiger partial charge in [-0.1, -0.05) is 25.9 Å². The summed E-state index contributed by atoms with van der Waals surface area (Å²) in [4.78, 5) is 13.6. The lowest BCUT2D eigenvalue weighted by molar-refractivity contribution is -0.117. The lowest BCUT2D eigenvalue weighted by atomic mass is 9.92. The molecule has 0 saturated carbocycles. The zero-order valence-electron chi connectivity index (χ0n) is 13.3. The van der Waals surface area contributed by atoms with Crippen LogP contribution in [0.2, 0.25) is 0 Å². The first-order chi connectivity index (χ1) is 9.72. The number of anilines is 1. The Morgan fingerprint density at radius 1 is 1.57 bits per heavy atom. The van der Waals surface area contributed by atoms with Crippen molar-refractivity contribution in [1.29, 1.82) is 0 Å². The van der Waals surface area contributed by atoms with Gasteiger partial charge in [0, 0.05) is 25.1 Å². The molecule has 21 heavy (non-hydrogen) atoms. The van der Waals surface area contributed by atoms with Crippen LogP contribution in [0.1, 0.15) is 26.5 Å². The van der Waals surface area contributed by atoms with E-state index in [1.807, 2.05) is 20.8 Å². The third-order valence-corrected chi connectivity index (χ3v) is 2.84. The molecule has 7 heteroatoms. The Labute approximate surface area is 125 Å². The summed E-state index contributed by atoms with van der Waals surface area (Å²) < 4.78 is 9.93. The maximum absolute atomic E-state index is 11.9. The lowest BCUT2D eigenvalue weighted by Crippen LogP contribution is -2.37. The number of nitrogens with one attached hydrogen (secondary N) is 1. The summed E-state index contributed by atoms with van der Waals surface area (Å²) in [5.74, 6) is 0.106. The van der Waals surface area contributed by atoms with Crippen LogP contribution >= 0.6 is 0 Å². The topological polar surface area (TPSA) is 87.8 Å². The quantitative estimate of drug-likeness (QED) is 0.776. The normalized spacial score (nSPS) is 13.5. The van der Waals surface area contributed by atoms with E-state index in [0.717, 1.165) is 5.69 Å². The highest BCUT2D eigenvalue weighted by molar-refractivity contribution is 5.90. The fraction of sp³-hybridized carbons (Fsp3) is 0.714. The molecule has 0 aliphatic rings. The number of aliphatic hydroxyl groups is 1. The number of rotatable bonds is 7. The van der Waals surface area contributed by atoms with E-state index in [-0.39, 0.29) is 24.5 Å². The molecular formula is C14H25N3O4. The van der Waals surface area contributed by atoms with Gasteiger partial charge in [-0.05, 0) is 7.05 Å². The molecule has 1 aromatic heterocycles. The van der Waals surface area contributed by atoms with Gasteiger partial charge in [0.1, 0.15) is 0 Å². The molecule has 120 valence electrons. The van der Waals surface area contributed by atoms with Crippen LogP contribution in [0.4, 0.5) is 5.88 Å². The Morgan fingerprint density at radius 3 is 2.76 bits per heavy atom. The summed E-state index contributed by atoms with van der Waals surface area (Å²) in [5, 5.41) is 16.2. The number of methoxy groups -OCH3 is 1. The summed E-state index contributed by atoms with van der Waals surface area (Å²) in [5.41, 5.74) is 0.648. The first-order valence-corrected chi connectivity index (χ1v) is 6.85. The van der Waals surface area contributed by atoms with Crippen molar-refractivity contribution in [2.24, 2.45) is 0 Å². The molecule has 2 N–H and O–H groups in total. The van der Waals surface area contributed by atoms with Crippen molar-refractivity contribution in [3.63, 3.8) is 0 Å². The van der Waals surface area contributed by atoms with Gasteiger partial charge >= 0.3 is 0 Å². The second kappa shape index (κ2) is 7.53. The number of nitrogens with zero attached hydrogens (tertiary/aromatic N) is 2. The van der Waals surface area contributed by atoms with E-state index in [0.29, 0.717) is 12.4 Å². The average molecular weight is 299 g/mol. The van der Waals surface area contributed by atoms with Crippen LogP contribution in [0.25, 0.3) is 0 Å². The summed E-state index contributed by atoms with van der Waals surface area (Å²) >= 11 is 0. The Kier molecular flexibility index (Phi) is 6.32. The van der Waals surface area contributed by atoms with Crippen molar-refractivity contribution in [3.8, 4) is 0 Å². The van der Waals surface area contributed by atoms with Crippen molar-refractivity contribution in [1.82, 2.24) is 10.1 Å². The van der Waals surface area contributed by atoms with Crippen LogP contribution in [0, 0.1) is 0 Å². The molecule has 1 unspecified atom stereocenters. The van der Waals surface area contributed by atoms with Gasteiger partial charge in [0.25, 0.3) is 0 Å². The molecule has 0 aliphatic heterocycles. The number of hydrogen-bond acceptors (Lipinski definition) is 6. The number of aliphatic hydroxyl groups excluding tert-OH is 1. The third kappa shape index (κ3) is 6.24. The molecule has 0 aromatic carbocycles. The fourth-order valence-corrected chi connectivity index (χ4v) is 1.78. The lowest BCUT2D eigenvalue weighted by Gasteiger charge is -2.19. The Bertz CT molecular complexity index is 453. The predicted molar refractivity (Wildman–Crippen MR) is 79.2 cm³/mol. The molecule has 7 nitrogen and oxygen atoms in total. The number of carbonyl (C=O) groups excluding carboxylic acids is 1. The maximum Gasteiger partial charge on any atom is 0.240 e. The molecule has 0 saturated heterocycles. The predicted octanol–water partition coefficient (Wildman–Crippen LogP) is 0.850. The number of hydrogen-bond donors (Lipinski definition) is 2. The highest BCUT2D eigenvalue weighted by Gasteiger charge is 2.20. The number of ether oxygens (including phenoxy) is 1. The Balaban J connectivity index is 2.45. The molecular weight excluding hydrogens is 274 g/mol. The van der Waals surface area contributed by atoms with E-state index in [9.17, 15) is 9.90 Å². The van der Waals surface area contributed by atoms with Crippen LogP contribution in [0.5, 0.6) is 0 Å². The monoisotopic (exact) mass is 299 g/mol. The highest BCUT2D eigenvalue weighted by atomic mass is 16.5. The second-order valence-corrected chi connectivity index (χ2v) is 6.18. The average Bonchev–Trinajstić information content (AvgIpc) is 2.76. The molecule has 1 heterocycles. The van der Waals surface area contributed by atoms with Gasteiger partial charge in [0.2, 0.25) is 11.8 Å². The second-order valence-electron chi connectivity index (χ2n) is 6.18. The largest absolute Gasteiger partial charge is 0.389 e. The Hall–Kier alpha value is -1.44. The molecule has 0 spiro atoms. The SMILES string of the molecule is COCC(O)CN(C)CC(=O)Nc1cc(C(C)(C)C)no1. The summed E-state index contributed by atoms with van der Waals surface area (Å²) in [6.45, 7) is 6.78. The summed E-state index contributed by atoms with van der Waals surface area (Å²) in [7, 11) is 3.27. The smallest absolute Gasteiger partial charge is 0.240 e. The third-order valence-electron chi connectivity index (χ3n) is 2.84. The summed E-state index contributed by atoms with van der Waals surface area (Å²) in [6.07, 6.45) is -0.620. The minimum absolute atomic E-state index is 0.131. The zero-order chi connectivity index (χ0) is 16.0. The molecule has 0 bridgehead atoms. The Morgan fingerprint density at radius 2 is 2.24 bits per heavy atom. The molecule has 0 fully saturated rings. The first-order valence-electron chi connectivity index (χ1n) is 6.85. The van der Waals surface area contributed by atoms with Crippen LogP contribution in [0.15, 0.2) is 10.6 Å². The molecule has 1 atom stereocenters. The van der Waals surface area contributed by atoms with Crippen molar-refractivity contribution in [2.75, 3.05) is 39.2 Å². The van der Waals surface area contributed by atoms with Crippen molar-refractivity contribution < 1.29 is 19.2 Å². The standard InChI is InChI=1S/C14H25N3O4/c1-14(2,3)11-6-13(21-16-11)15-12(19)8-17(4)7-10(18)9-20-5/h6,10,18H,7-9H2,1-5H3,(H,15,19). The van der Waals surface area contributed by atoms with E-state index in [4.69, 9.17) is 9.26 Å². The van der Waals surface area contributed by atoms with Gasteiger partial charge in [-0.3, -0.25) is 15.0 Å². The molecule has 0 radical (unpaired) electrons. The van der Waals surface area contributed by atoms with Gasteiger partial charge in [0.05, 0.1) is 24.9 Å². The van der Waals surface area contributed by atoms with Crippen LogP contribution in [-0.4, -0.2) is 61.0 Å². The number of likely N-dealkylation sites (N-methyl/N-ethyl adjacent to an activating group) is 1. The molecule has 1 rings (SSSR count). The first kappa shape index (κ1) is 17.6. The number of carbonyl (C=O) groups is 1. The number of amides is 1. The molecule has 1 aromatic rings. The minimum atomic E-state index is -0.620. The maximum atomic E-state index is 11.9. The molecule has 0 aliphatic carbocycles. The van der Waals surface area contributed by atoms with E-state index < -0.39 is 6.10 Å². The van der Waals surface area contributed by atoms with Gasteiger partial charge in [-0.25, -0.2) is 0 Å². The van der Waals surface area contributed by atoms with E-state index in [1.165, 1.54) is 7.11 Å². The van der Waals surface area contributed by atoms with Crippen LogP contribution in [-0.2, 0) is 14.9 Å². The van der Waals surface area contributed by atoms with Crippen molar-refractivity contribution >= 4 is 11.8 Å². The van der Waals surface area contributed by atoms with E-state index in [2.05, 4.69) is 10.5 Å².